The smallest absolute Gasteiger partial charge is 1.00 e. The van der Waals surface area contributed by atoms with Crippen molar-refractivity contribution in [2.75, 3.05) is 0 Å². The van der Waals surface area contributed by atoms with Crippen LogP contribution in [0.4, 0.5) is 0 Å². The van der Waals surface area contributed by atoms with Gasteiger partial charge in [0.25, 0.3) is 0 Å². The summed E-state index contributed by atoms with van der Waals surface area (Å²) in [7, 11) is 0. The molecule has 0 fully saturated rings. The molecule has 0 heterocycles. The van der Waals surface area contributed by atoms with Crippen molar-refractivity contribution < 1.29 is 22.7 Å². The third-order valence-corrected chi connectivity index (χ3v) is 1.95. The van der Waals surface area contributed by atoms with Crippen LogP contribution in [0, 0.1) is 0 Å². The number of halogens is 2. The van der Waals surface area contributed by atoms with Gasteiger partial charge in [-0.1, -0.05) is 23.2 Å². The fourth-order valence-corrected chi connectivity index (χ4v) is 0.973. The Labute approximate surface area is 126 Å². The molecule has 0 unspecified atom stereocenters. The number of carbonyl (C=O) groups is 2. The van der Waals surface area contributed by atoms with Crippen LogP contribution in [0.15, 0.2) is 21.6 Å². The monoisotopic (exact) mass is 348 g/mol. The Morgan fingerprint density at radius 2 is 1.15 bits per heavy atom. The van der Waals surface area contributed by atoms with E-state index in [-0.39, 0.29) is 51.7 Å². The van der Waals surface area contributed by atoms with Crippen molar-refractivity contribution >= 4 is 83.6 Å². The van der Waals surface area contributed by atoms with Crippen LogP contribution in [-0.4, -0.2) is 70.7 Å². The summed E-state index contributed by atoms with van der Waals surface area (Å²) in [5.74, 6) is -3.99. The third-order valence-electron chi connectivity index (χ3n) is 1.24. The minimum atomic E-state index is -1.06. The first-order valence-corrected chi connectivity index (χ1v) is 3.49. The van der Waals surface area contributed by atoms with Gasteiger partial charge in [0.15, 0.2) is 11.5 Å². The van der Waals surface area contributed by atoms with Gasteiger partial charge in [0.05, 0.1) is 0 Å². The maximum Gasteiger partial charge on any atom is 2.00 e. The molecule has 0 aromatic rings. The molecule has 0 atom stereocenters. The average molecular weight is 348 g/mol. The molecule has 0 spiro atoms. The summed E-state index contributed by atoms with van der Waals surface area (Å²) >= 11 is 10.4. The van der Waals surface area contributed by atoms with Crippen LogP contribution in [0.5, 0.6) is 0 Å². The molecule has 0 amide bonds. The molecule has 1 rings (SSSR count). The van der Waals surface area contributed by atoms with Gasteiger partial charge in [-0.05, 0) is 0 Å². The SMILES string of the molecule is O=C1C(O)=C(Cl)C(=O)C(O)=C1Cl.[Ba+2].[H-].[H-]. The number of allylic oxidation sites excluding steroid dienone is 2. The predicted octanol–water partition coefficient (Wildman–Crippen LogP) is 0.999. The molecule has 0 saturated heterocycles. The zero-order valence-electron chi connectivity index (χ0n) is 8.17. The summed E-state index contributed by atoms with van der Waals surface area (Å²) in [4.78, 5) is 21.6. The van der Waals surface area contributed by atoms with Crippen LogP contribution in [-0.2, 0) is 9.59 Å². The van der Waals surface area contributed by atoms with E-state index in [1.54, 1.807) is 0 Å². The van der Waals surface area contributed by atoms with Gasteiger partial charge in [-0.25, -0.2) is 0 Å². The van der Waals surface area contributed by atoms with Crippen LogP contribution >= 0.6 is 23.2 Å². The Kier molecular flexibility index (Phi) is 5.10. The van der Waals surface area contributed by atoms with Crippen molar-refractivity contribution in [2.24, 2.45) is 0 Å². The van der Waals surface area contributed by atoms with Gasteiger partial charge < -0.3 is 13.1 Å². The normalized spacial score (nSPS) is 17.7. The molecule has 13 heavy (non-hydrogen) atoms. The Morgan fingerprint density at radius 3 is 1.38 bits per heavy atom. The van der Waals surface area contributed by atoms with Crippen molar-refractivity contribution in [1.29, 1.82) is 0 Å². The maximum atomic E-state index is 10.8. The molecule has 0 aromatic heterocycles. The van der Waals surface area contributed by atoms with Gasteiger partial charge in [-0.15, -0.1) is 0 Å². The topological polar surface area (TPSA) is 74.6 Å². The second kappa shape index (κ2) is 4.88. The zero-order chi connectivity index (χ0) is 9.46. The Balaban J connectivity index is -0.000000480. The van der Waals surface area contributed by atoms with Gasteiger partial charge >= 0.3 is 48.9 Å². The molecule has 68 valence electrons. The van der Waals surface area contributed by atoms with Gasteiger partial charge in [0, 0.05) is 0 Å². The zero-order valence-corrected chi connectivity index (χ0v) is 12.1. The third kappa shape index (κ3) is 2.33. The molecule has 7 heteroatoms. The molecule has 1 aliphatic rings. The van der Waals surface area contributed by atoms with Gasteiger partial charge in [0.2, 0.25) is 11.6 Å². The quantitative estimate of drug-likeness (QED) is 0.506. The summed E-state index contributed by atoms with van der Waals surface area (Å²) in [6, 6.07) is 0. The van der Waals surface area contributed by atoms with E-state index in [0.29, 0.717) is 0 Å². The number of hydrogen-bond donors (Lipinski definition) is 2. The van der Waals surface area contributed by atoms with Crippen molar-refractivity contribution in [1.82, 2.24) is 0 Å². The molecule has 0 saturated carbocycles. The molecular weight excluding hydrogens is 344 g/mol. The fraction of sp³-hybridized carbons (Fsp3) is 0. The van der Waals surface area contributed by atoms with E-state index in [0.717, 1.165) is 0 Å². The first kappa shape index (κ1) is 13.6. The molecule has 1 aliphatic carbocycles. The summed E-state index contributed by atoms with van der Waals surface area (Å²) < 4.78 is 0. The number of aliphatic hydroxyl groups excluding tert-OH is 2. The Morgan fingerprint density at radius 1 is 0.923 bits per heavy atom. The Hall–Kier alpha value is 0.571. The minimum Gasteiger partial charge on any atom is -1.00 e. The van der Waals surface area contributed by atoms with Crippen LogP contribution in [0.1, 0.15) is 2.85 Å². The fourth-order valence-electron chi connectivity index (χ4n) is 0.622. The number of Topliss-reactive ketones (excluding diaryl/α,β-unsaturated/α-hetero) is 2. The summed E-state index contributed by atoms with van der Waals surface area (Å²) in [5.41, 5.74) is 0. The molecule has 0 aromatic carbocycles. The first-order chi connectivity index (χ1) is 5.46. The van der Waals surface area contributed by atoms with E-state index in [1.165, 1.54) is 0 Å². The van der Waals surface area contributed by atoms with Gasteiger partial charge in [-0.3, -0.25) is 9.59 Å². The van der Waals surface area contributed by atoms with E-state index < -0.39 is 33.1 Å². The molecule has 4 nitrogen and oxygen atoms in total. The number of rotatable bonds is 0. The number of hydrogen-bond acceptors (Lipinski definition) is 4. The standard InChI is InChI=1S/C6H2Cl2O4.Ba.2H/c7-1-3(9)5(11)2(8)6(12)4(1)10;;;/h9,12H;;;/q;+2;2*-1. The van der Waals surface area contributed by atoms with E-state index in [1.807, 2.05) is 0 Å². The molecule has 0 bridgehead atoms. The van der Waals surface area contributed by atoms with Crippen molar-refractivity contribution in [2.45, 2.75) is 0 Å². The second-order valence-electron chi connectivity index (χ2n) is 1.98. The molecule has 0 radical (unpaired) electrons. The van der Waals surface area contributed by atoms with Crippen molar-refractivity contribution in [3.63, 3.8) is 0 Å². The summed E-state index contributed by atoms with van der Waals surface area (Å²) in [6.45, 7) is 0. The largest absolute Gasteiger partial charge is 2.00 e. The predicted molar refractivity (Wildman–Crippen MR) is 49.0 cm³/mol. The van der Waals surface area contributed by atoms with Gasteiger partial charge in [-0.2, -0.15) is 0 Å². The van der Waals surface area contributed by atoms with Crippen molar-refractivity contribution in [3.8, 4) is 0 Å². The van der Waals surface area contributed by atoms with Crippen molar-refractivity contribution in [3.05, 3.63) is 21.6 Å². The first-order valence-electron chi connectivity index (χ1n) is 2.73. The van der Waals surface area contributed by atoms with Crippen LogP contribution < -0.4 is 0 Å². The van der Waals surface area contributed by atoms with Gasteiger partial charge in [0.1, 0.15) is 10.1 Å². The maximum absolute atomic E-state index is 10.8. The average Bonchev–Trinajstić information content (AvgIpc) is 2.08. The van der Waals surface area contributed by atoms with Crippen LogP contribution in [0.25, 0.3) is 0 Å². The Bertz CT molecular complexity index is 291. The molecular formula is C6H4BaCl2O4. The minimum absolute atomic E-state index is 0. The number of aliphatic hydroxyl groups is 2. The van der Waals surface area contributed by atoms with E-state index in [2.05, 4.69) is 0 Å². The van der Waals surface area contributed by atoms with Crippen LogP contribution in [0.2, 0.25) is 0 Å². The molecule has 2 N–H and O–H groups in total. The summed E-state index contributed by atoms with van der Waals surface area (Å²) in [5, 5.41) is 16.3. The number of carbonyl (C=O) groups excluding carboxylic acids is 2. The van der Waals surface area contributed by atoms with E-state index in [4.69, 9.17) is 33.4 Å². The molecule has 0 aliphatic heterocycles. The van der Waals surface area contributed by atoms with E-state index in [9.17, 15) is 9.59 Å². The summed E-state index contributed by atoms with van der Waals surface area (Å²) in [6.07, 6.45) is 0. The number of ketones is 2. The van der Waals surface area contributed by atoms with Crippen LogP contribution in [0.3, 0.4) is 0 Å². The van der Waals surface area contributed by atoms with E-state index >= 15 is 0 Å². The second-order valence-corrected chi connectivity index (χ2v) is 2.74.